The van der Waals surface area contributed by atoms with Crippen LogP contribution in [0.2, 0.25) is 5.02 Å². The van der Waals surface area contributed by atoms with E-state index in [2.05, 4.69) is 5.32 Å². The van der Waals surface area contributed by atoms with Crippen molar-refractivity contribution in [3.8, 4) is 0 Å². The van der Waals surface area contributed by atoms with Crippen molar-refractivity contribution in [2.75, 3.05) is 18.4 Å². The molecular formula is C17H23ClFN3O3. The van der Waals surface area contributed by atoms with Crippen molar-refractivity contribution in [3.63, 3.8) is 0 Å². The number of halogens is 2. The van der Waals surface area contributed by atoms with Crippen LogP contribution in [0.1, 0.15) is 44.0 Å². The number of anilines is 1. The maximum Gasteiger partial charge on any atom is 0.410 e. The standard InChI is InChI=1S/C17H23ClFN3O3/c1-17(2,3)25-16(24)22-6-4-10(5-7-22)21-14-9-13(19)11(15(20)23)8-12(14)18/h8-10,21H,4-7H2,1-3H3,(H2,20,23). The summed E-state index contributed by atoms with van der Waals surface area (Å²) in [6, 6.07) is 2.43. The number of hydrogen-bond donors (Lipinski definition) is 2. The van der Waals surface area contributed by atoms with Gasteiger partial charge in [0.05, 0.1) is 16.3 Å². The van der Waals surface area contributed by atoms with E-state index < -0.39 is 17.3 Å². The number of carbonyl (C=O) groups excluding carboxylic acids is 2. The van der Waals surface area contributed by atoms with Crippen LogP contribution in [-0.2, 0) is 4.74 Å². The van der Waals surface area contributed by atoms with E-state index in [0.717, 1.165) is 0 Å². The number of likely N-dealkylation sites (tertiary alicyclic amines) is 1. The predicted molar refractivity (Wildman–Crippen MR) is 94.4 cm³/mol. The van der Waals surface area contributed by atoms with Gasteiger partial charge in [0, 0.05) is 19.1 Å². The Kier molecular flexibility index (Phi) is 5.77. The number of ether oxygens (including phenoxy) is 1. The number of nitrogens with two attached hydrogens (primary N) is 1. The van der Waals surface area contributed by atoms with E-state index in [-0.39, 0.29) is 22.7 Å². The molecule has 2 amide bonds. The van der Waals surface area contributed by atoms with Crippen molar-refractivity contribution >= 4 is 29.3 Å². The molecule has 0 aliphatic carbocycles. The van der Waals surface area contributed by atoms with Gasteiger partial charge in [-0.25, -0.2) is 9.18 Å². The first-order chi connectivity index (χ1) is 11.6. The predicted octanol–water partition coefficient (Wildman–Crippen LogP) is 3.39. The van der Waals surface area contributed by atoms with E-state index in [4.69, 9.17) is 22.1 Å². The van der Waals surface area contributed by atoms with E-state index in [1.54, 1.807) is 4.90 Å². The van der Waals surface area contributed by atoms with Crippen molar-refractivity contribution in [1.29, 1.82) is 0 Å². The lowest BCUT2D eigenvalue weighted by molar-refractivity contribution is 0.0210. The first-order valence-electron chi connectivity index (χ1n) is 8.10. The Morgan fingerprint density at radius 1 is 1.32 bits per heavy atom. The van der Waals surface area contributed by atoms with E-state index in [9.17, 15) is 14.0 Å². The fourth-order valence-electron chi connectivity index (χ4n) is 2.60. The summed E-state index contributed by atoms with van der Waals surface area (Å²) in [6.45, 7) is 6.54. The average Bonchev–Trinajstić information content (AvgIpc) is 2.49. The van der Waals surface area contributed by atoms with Crippen molar-refractivity contribution in [1.82, 2.24) is 4.90 Å². The van der Waals surface area contributed by atoms with E-state index in [1.807, 2.05) is 20.8 Å². The smallest absolute Gasteiger partial charge is 0.410 e. The molecule has 6 nitrogen and oxygen atoms in total. The van der Waals surface area contributed by atoms with Gasteiger partial charge in [-0.1, -0.05) is 11.6 Å². The number of nitrogens with one attached hydrogen (secondary N) is 1. The molecule has 0 atom stereocenters. The minimum Gasteiger partial charge on any atom is -0.444 e. The number of amides is 2. The van der Waals surface area contributed by atoms with Crippen molar-refractivity contribution in [3.05, 3.63) is 28.5 Å². The lowest BCUT2D eigenvalue weighted by atomic mass is 10.0. The fourth-order valence-corrected chi connectivity index (χ4v) is 2.82. The Hall–Kier alpha value is -2.02. The molecule has 0 saturated carbocycles. The summed E-state index contributed by atoms with van der Waals surface area (Å²) in [5, 5.41) is 3.39. The second kappa shape index (κ2) is 7.47. The third-order valence-corrected chi connectivity index (χ3v) is 4.14. The number of nitrogens with zero attached hydrogens (tertiary/aromatic N) is 1. The molecule has 1 aliphatic heterocycles. The normalized spacial score (nSPS) is 15.8. The molecule has 1 saturated heterocycles. The summed E-state index contributed by atoms with van der Waals surface area (Å²) in [4.78, 5) is 24.8. The van der Waals surface area contributed by atoms with Gasteiger partial charge in [0.15, 0.2) is 0 Å². The van der Waals surface area contributed by atoms with Crippen LogP contribution in [0.3, 0.4) is 0 Å². The highest BCUT2D eigenvalue weighted by Crippen LogP contribution is 2.28. The van der Waals surface area contributed by atoms with E-state index in [0.29, 0.717) is 31.6 Å². The Balaban J connectivity index is 1.95. The highest BCUT2D eigenvalue weighted by molar-refractivity contribution is 6.33. The molecule has 1 aromatic carbocycles. The second-order valence-corrected chi connectivity index (χ2v) is 7.47. The SMILES string of the molecule is CC(C)(C)OC(=O)N1CCC(Nc2cc(F)c(C(N)=O)cc2Cl)CC1. The summed E-state index contributed by atoms with van der Waals surface area (Å²) >= 11 is 6.09. The summed E-state index contributed by atoms with van der Waals surface area (Å²) in [7, 11) is 0. The van der Waals surface area contributed by atoms with Gasteiger partial charge in [0.1, 0.15) is 11.4 Å². The highest BCUT2D eigenvalue weighted by Gasteiger charge is 2.27. The minimum atomic E-state index is -0.864. The zero-order chi connectivity index (χ0) is 18.8. The Bertz CT molecular complexity index is 668. The van der Waals surface area contributed by atoms with Gasteiger partial charge in [0.25, 0.3) is 5.91 Å². The third kappa shape index (κ3) is 5.22. The Labute approximate surface area is 151 Å². The van der Waals surface area contributed by atoms with Gasteiger partial charge in [-0.2, -0.15) is 0 Å². The molecule has 0 unspecified atom stereocenters. The number of benzene rings is 1. The van der Waals surface area contributed by atoms with Crippen LogP contribution in [0.5, 0.6) is 0 Å². The summed E-state index contributed by atoms with van der Waals surface area (Å²) in [6.07, 6.45) is 1.02. The van der Waals surface area contributed by atoms with Gasteiger partial charge in [-0.15, -0.1) is 0 Å². The number of piperidine rings is 1. The van der Waals surface area contributed by atoms with E-state index >= 15 is 0 Å². The average molecular weight is 372 g/mol. The van der Waals surface area contributed by atoms with Crippen LogP contribution in [-0.4, -0.2) is 41.6 Å². The Morgan fingerprint density at radius 3 is 2.44 bits per heavy atom. The molecular weight excluding hydrogens is 349 g/mol. The summed E-state index contributed by atoms with van der Waals surface area (Å²) < 4.78 is 19.2. The van der Waals surface area contributed by atoms with Gasteiger partial charge >= 0.3 is 6.09 Å². The summed E-state index contributed by atoms with van der Waals surface area (Å²) in [5.41, 5.74) is 4.73. The van der Waals surface area contributed by atoms with Crippen LogP contribution in [0.4, 0.5) is 14.9 Å². The van der Waals surface area contributed by atoms with Crippen molar-refractivity contribution in [2.24, 2.45) is 5.73 Å². The zero-order valence-corrected chi connectivity index (χ0v) is 15.3. The molecule has 1 heterocycles. The molecule has 1 aliphatic rings. The van der Waals surface area contributed by atoms with E-state index in [1.165, 1.54) is 12.1 Å². The largest absolute Gasteiger partial charge is 0.444 e. The molecule has 25 heavy (non-hydrogen) atoms. The molecule has 2 rings (SSSR count). The Morgan fingerprint density at radius 2 is 1.92 bits per heavy atom. The summed E-state index contributed by atoms with van der Waals surface area (Å²) in [5.74, 6) is -1.58. The number of carbonyl (C=O) groups is 2. The van der Waals surface area contributed by atoms with Crippen LogP contribution in [0.25, 0.3) is 0 Å². The quantitative estimate of drug-likeness (QED) is 0.852. The zero-order valence-electron chi connectivity index (χ0n) is 14.6. The molecule has 0 spiro atoms. The monoisotopic (exact) mass is 371 g/mol. The molecule has 8 heteroatoms. The van der Waals surface area contributed by atoms with Crippen molar-refractivity contribution < 1.29 is 18.7 Å². The molecule has 1 fully saturated rings. The highest BCUT2D eigenvalue weighted by atomic mass is 35.5. The lowest BCUT2D eigenvalue weighted by Crippen LogP contribution is -2.44. The molecule has 0 radical (unpaired) electrons. The number of primary amides is 1. The lowest BCUT2D eigenvalue weighted by Gasteiger charge is -2.34. The molecule has 1 aromatic rings. The molecule has 0 bridgehead atoms. The fraction of sp³-hybridized carbons (Fsp3) is 0.529. The second-order valence-electron chi connectivity index (χ2n) is 7.06. The maximum absolute atomic E-state index is 13.9. The number of rotatable bonds is 3. The van der Waals surface area contributed by atoms with Crippen LogP contribution < -0.4 is 11.1 Å². The molecule has 138 valence electrons. The topological polar surface area (TPSA) is 84.7 Å². The maximum atomic E-state index is 13.9. The first-order valence-corrected chi connectivity index (χ1v) is 8.48. The van der Waals surface area contributed by atoms with Gasteiger partial charge in [0.2, 0.25) is 0 Å². The van der Waals surface area contributed by atoms with Crippen LogP contribution in [0.15, 0.2) is 12.1 Å². The van der Waals surface area contributed by atoms with Gasteiger partial charge < -0.3 is 20.7 Å². The first kappa shape index (κ1) is 19.3. The minimum absolute atomic E-state index is 0.0371. The van der Waals surface area contributed by atoms with Crippen LogP contribution in [0, 0.1) is 5.82 Å². The van der Waals surface area contributed by atoms with Gasteiger partial charge in [-0.05, 0) is 45.7 Å². The number of hydrogen-bond acceptors (Lipinski definition) is 4. The molecule has 3 N–H and O–H groups in total. The van der Waals surface area contributed by atoms with Crippen molar-refractivity contribution in [2.45, 2.75) is 45.3 Å². The van der Waals surface area contributed by atoms with Crippen LogP contribution >= 0.6 is 11.6 Å². The van der Waals surface area contributed by atoms with Gasteiger partial charge in [-0.3, -0.25) is 4.79 Å². The third-order valence-electron chi connectivity index (χ3n) is 3.83. The molecule has 0 aromatic heterocycles.